The molecule has 1 fully saturated rings. The molecular weight excluding hydrogens is 202 g/mol. The van der Waals surface area contributed by atoms with Crippen LogP contribution in [0.15, 0.2) is 0 Å². The van der Waals surface area contributed by atoms with Crippen molar-refractivity contribution in [2.24, 2.45) is 5.92 Å². The molecular formula is C13H23NO2. The molecule has 0 bridgehead atoms. The summed E-state index contributed by atoms with van der Waals surface area (Å²) < 4.78 is 0. The molecule has 0 aliphatic carbocycles. The number of carbonyl (C=O) groups is 2. The van der Waals surface area contributed by atoms with Crippen LogP contribution in [0.1, 0.15) is 58.3 Å². The van der Waals surface area contributed by atoms with Crippen LogP contribution in [-0.4, -0.2) is 18.2 Å². The molecule has 1 unspecified atom stereocenters. The number of amides is 1. The van der Waals surface area contributed by atoms with E-state index in [1.807, 2.05) is 0 Å². The van der Waals surface area contributed by atoms with Gasteiger partial charge in [-0.2, -0.15) is 0 Å². The molecule has 1 rings (SSSR count). The number of nitrogens with one attached hydrogen (secondary N) is 1. The Kier molecular flexibility index (Phi) is 6.12. The van der Waals surface area contributed by atoms with Crippen molar-refractivity contribution in [3.8, 4) is 0 Å². The summed E-state index contributed by atoms with van der Waals surface area (Å²) in [5, 5.41) is 2.76. The first kappa shape index (κ1) is 13.2. The second-order valence-corrected chi connectivity index (χ2v) is 4.62. The van der Waals surface area contributed by atoms with Gasteiger partial charge in [-0.15, -0.1) is 0 Å². The molecule has 16 heavy (non-hydrogen) atoms. The minimum absolute atomic E-state index is 0.0511. The first-order valence-electron chi connectivity index (χ1n) is 6.56. The van der Waals surface area contributed by atoms with E-state index in [0.29, 0.717) is 6.42 Å². The molecule has 1 amide bonds. The summed E-state index contributed by atoms with van der Waals surface area (Å²) in [6, 6.07) is 0. The Balaban J connectivity index is 2.16. The molecule has 1 atom stereocenters. The van der Waals surface area contributed by atoms with Crippen LogP contribution in [0.5, 0.6) is 0 Å². The van der Waals surface area contributed by atoms with Crippen LogP contribution in [0.3, 0.4) is 0 Å². The van der Waals surface area contributed by atoms with Crippen molar-refractivity contribution in [3.05, 3.63) is 0 Å². The molecule has 0 radical (unpaired) electrons. The molecule has 0 aromatic heterocycles. The Morgan fingerprint density at radius 1 is 1.31 bits per heavy atom. The van der Waals surface area contributed by atoms with E-state index in [0.717, 1.165) is 32.2 Å². The fourth-order valence-electron chi connectivity index (χ4n) is 2.16. The molecule has 1 saturated heterocycles. The standard InChI is InChI=1S/C13H23NO2/c1-2-3-4-5-6-9-12(15)11-8-7-10-14-13(11)16/h11H,2-10H2,1H3,(H,14,16). The Bertz CT molecular complexity index is 238. The third-order valence-corrected chi connectivity index (χ3v) is 3.20. The number of carbonyl (C=O) groups excluding carboxylic acids is 2. The van der Waals surface area contributed by atoms with Gasteiger partial charge in [-0.05, 0) is 19.3 Å². The number of hydrogen-bond acceptors (Lipinski definition) is 2. The van der Waals surface area contributed by atoms with Crippen LogP contribution in [0.2, 0.25) is 0 Å². The molecule has 1 N–H and O–H groups in total. The zero-order chi connectivity index (χ0) is 11.8. The molecule has 0 spiro atoms. The molecule has 1 heterocycles. The highest BCUT2D eigenvalue weighted by Crippen LogP contribution is 2.16. The van der Waals surface area contributed by atoms with Gasteiger partial charge in [0.1, 0.15) is 5.78 Å². The summed E-state index contributed by atoms with van der Waals surface area (Å²) in [7, 11) is 0. The van der Waals surface area contributed by atoms with Crippen LogP contribution in [0, 0.1) is 5.92 Å². The van der Waals surface area contributed by atoms with Gasteiger partial charge >= 0.3 is 0 Å². The van der Waals surface area contributed by atoms with Crippen LogP contribution in [-0.2, 0) is 9.59 Å². The maximum atomic E-state index is 11.8. The third-order valence-electron chi connectivity index (χ3n) is 3.20. The lowest BCUT2D eigenvalue weighted by atomic mass is 9.91. The predicted molar refractivity (Wildman–Crippen MR) is 64.1 cm³/mol. The van der Waals surface area contributed by atoms with Crippen LogP contribution in [0.25, 0.3) is 0 Å². The Hall–Kier alpha value is -0.860. The van der Waals surface area contributed by atoms with E-state index in [2.05, 4.69) is 12.2 Å². The van der Waals surface area contributed by atoms with E-state index in [1.165, 1.54) is 19.3 Å². The van der Waals surface area contributed by atoms with Crippen molar-refractivity contribution in [1.29, 1.82) is 0 Å². The van der Waals surface area contributed by atoms with Crippen molar-refractivity contribution >= 4 is 11.7 Å². The number of hydrogen-bond donors (Lipinski definition) is 1. The van der Waals surface area contributed by atoms with Crippen molar-refractivity contribution in [1.82, 2.24) is 5.32 Å². The van der Waals surface area contributed by atoms with E-state index in [4.69, 9.17) is 0 Å². The van der Waals surface area contributed by atoms with Gasteiger partial charge in [-0.25, -0.2) is 0 Å². The lowest BCUT2D eigenvalue weighted by molar-refractivity contribution is -0.135. The fraction of sp³-hybridized carbons (Fsp3) is 0.846. The molecule has 92 valence electrons. The maximum Gasteiger partial charge on any atom is 0.230 e. The largest absolute Gasteiger partial charge is 0.355 e. The molecule has 0 saturated carbocycles. The third kappa shape index (κ3) is 4.33. The average Bonchev–Trinajstić information content (AvgIpc) is 2.29. The van der Waals surface area contributed by atoms with E-state index < -0.39 is 0 Å². The van der Waals surface area contributed by atoms with Crippen LogP contribution < -0.4 is 5.32 Å². The van der Waals surface area contributed by atoms with Crippen LogP contribution >= 0.6 is 0 Å². The normalized spacial score (nSPS) is 20.6. The van der Waals surface area contributed by atoms with Gasteiger partial charge in [0.05, 0.1) is 5.92 Å². The fourth-order valence-corrected chi connectivity index (χ4v) is 2.16. The summed E-state index contributed by atoms with van der Waals surface area (Å²) in [5.41, 5.74) is 0. The molecule has 1 aliphatic heterocycles. The van der Waals surface area contributed by atoms with Crippen molar-refractivity contribution < 1.29 is 9.59 Å². The predicted octanol–water partition coefficient (Wildman–Crippen LogP) is 2.44. The summed E-state index contributed by atoms with van der Waals surface area (Å²) in [5.74, 6) is -0.251. The molecule has 1 aliphatic rings. The lowest BCUT2D eigenvalue weighted by Crippen LogP contribution is -2.40. The molecule has 0 aromatic rings. The van der Waals surface area contributed by atoms with Gasteiger partial charge in [-0.3, -0.25) is 9.59 Å². The summed E-state index contributed by atoms with van der Waals surface area (Å²) >= 11 is 0. The monoisotopic (exact) mass is 225 g/mol. The van der Waals surface area contributed by atoms with Gasteiger partial charge in [0.25, 0.3) is 0 Å². The Morgan fingerprint density at radius 3 is 2.75 bits per heavy atom. The number of Topliss-reactive ketones (excluding diaryl/α,β-unsaturated/α-hetero) is 1. The first-order valence-corrected chi connectivity index (χ1v) is 6.56. The highest BCUT2D eigenvalue weighted by Gasteiger charge is 2.27. The van der Waals surface area contributed by atoms with Gasteiger partial charge in [0.15, 0.2) is 0 Å². The van der Waals surface area contributed by atoms with Crippen molar-refractivity contribution in [3.63, 3.8) is 0 Å². The van der Waals surface area contributed by atoms with E-state index in [9.17, 15) is 9.59 Å². The molecule has 3 nitrogen and oxygen atoms in total. The average molecular weight is 225 g/mol. The lowest BCUT2D eigenvalue weighted by Gasteiger charge is -2.20. The Morgan fingerprint density at radius 2 is 2.06 bits per heavy atom. The SMILES string of the molecule is CCCCCCCC(=O)C1CCCNC1=O. The number of rotatable bonds is 7. The second-order valence-electron chi connectivity index (χ2n) is 4.62. The quantitative estimate of drug-likeness (QED) is 0.534. The van der Waals surface area contributed by atoms with Gasteiger partial charge in [-0.1, -0.05) is 32.6 Å². The van der Waals surface area contributed by atoms with E-state index >= 15 is 0 Å². The topological polar surface area (TPSA) is 46.2 Å². The maximum absolute atomic E-state index is 11.8. The van der Waals surface area contributed by atoms with Gasteiger partial charge < -0.3 is 5.32 Å². The number of unbranched alkanes of at least 4 members (excludes halogenated alkanes) is 4. The number of piperidine rings is 1. The van der Waals surface area contributed by atoms with E-state index in [-0.39, 0.29) is 17.6 Å². The van der Waals surface area contributed by atoms with Crippen molar-refractivity contribution in [2.45, 2.75) is 58.3 Å². The van der Waals surface area contributed by atoms with E-state index in [1.54, 1.807) is 0 Å². The van der Waals surface area contributed by atoms with Crippen molar-refractivity contribution in [2.75, 3.05) is 6.54 Å². The highest BCUT2D eigenvalue weighted by atomic mass is 16.2. The summed E-state index contributed by atoms with van der Waals surface area (Å²) in [6.07, 6.45) is 8.02. The van der Waals surface area contributed by atoms with Gasteiger partial charge in [0, 0.05) is 13.0 Å². The summed E-state index contributed by atoms with van der Waals surface area (Å²) in [6.45, 7) is 2.91. The smallest absolute Gasteiger partial charge is 0.230 e. The zero-order valence-corrected chi connectivity index (χ0v) is 10.3. The van der Waals surface area contributed by atoms with Crippen LogP contribution in [0.4, 0.5) is 0 Å². The minimum atomic E-state index is -0.347. The molecule has 0 aromatic carbocycles. The first-order chi connectivity index (χ1) is 7.75. The Labute approximate surface area is 98.0 Å². The minimum Gasteiger partial charge on any atom is -0.355 e. The van der Waals surface area contributed by atoms with Gasteiger partial charge in [0.2, 0.25) is 5.91 Å². The zero-order valence-electron chi connectivity index (χ0n) is 10.3. The molecule has 3 heteroatoms. The second kappa shape index (κ2) is 7.42. The number of ketones is 1. The highest BCUT2D eigenvalue weighted by molar-refractivity contribution is 6.01. The summed E-state index contributed by atoms with van der Waals surface area (Å²) in [4.78, 5) is 23.2.